The van der Waals surface area contributed by atoms with Crippen molar-refractivity contribution >= 4 is 34.3 Å². The predicted molar refractivity (Wildman–Crippen MR) is 92.6 cm³/mol. The van der Waals surface area contributed by atoms with Crippen LogP contribution in [0.3, 0.4) is 0 Å². The highest BCUT2D eigenvalue weighted by atomic mass is 35.5. The van der Waals surface area contributed by atoms with Gasteiger partial charge in [-0.2, -0.15) is 0 Å². The lowest BCUT2D eigenvalue weighted by Crippen LogP contribution is -1.79. The minimum atomic E-state index is 0.529. The molecule has 1 N–H and O–H groups in total. The molecule has 0 aliphatic heterocycles. The van der Waals surface area contributed by atoms with E-state index in [0.717, 1.165) is 32.8 Å². The highest BCUT2D eigenvalue weighted by Crippen LogP contribution is 2.30. The van der Waals surface area contributed by atoms with Crippen molar-refractivity contribution in [3.8, 4) is 11.5 Å². The lowest BCUT2D eigenvalue weighted by molar-refractivity contribution is 0.466. The van der Waals surface area contributed by atoms with Gasteiger partial charge in [0.25, 0.3) is 11.1 Å². The molecule has 0 aliphatic rings. The summed E-state index contributed by atoms with van der Waals surface area (Å²) in [4.78, 5) is 3.21. The van der Waals surface area contributed by atoms with E-state index in [0.29, 0.717) is 11.1 Å². The normalized spacial score (nSPS) is 11.2. The number of nitrogens with zero attached hydrogens (tertiary/aromatic N) is 2. The minimum absolute atomic E-state index is 0.529. The molecule has 0 fully saturated rings. The minimum Gasteiger partial charge on any atom is -0.411 e. The van der Waals surface area contributed by atoms with Crippen molar-refractivity contribution in [1.82, 2.24) is 15.2 Å². The second-order valence-corrected chi connectivity index (χ2v) is 6.40. The van der Waals surface area contributed by atoms with Gasteiger partial charge in [-0.15, -0.1) is 10.2 Å². The first-order valence-corrected chi connectivity index (χ1v) is 8.43. The van der Waals surface area contributed by atoms with E-state index >= 15 is 0 Å². The Hall–Kier alpha value is -2.24. The van der Waals surface area contributed by atoms with Gasteiger partial charge in [-0.05, 0) is 23.8 Å². The lowest BCUT2D eigenvalue weighted by atomic mass is 10.2. The summed E-state index contributed by atoms with van der Waals surface area (Å²) in [5, 5.41) is 10.6. The zero-order valence-electron chi connectivity index (χ0n) is 12.0. The Balaban J connectivity index is 1.53. The van der Waals surface area contributed by atoms with E-state index < -0.39 is 0 Å². The number of hydrogen-bond acceptors (Lipinski definition) is 4. The van der Waals surface area contributed by atoms with Gasteiger partial charge in [-0.1, -0.05) is 53.7 Å². The third-order valence-corrected chi connectivity index (χ3v) is 4.64. The van der Waals surface area contributed by atoms with Crippen LogP contribution in [0, 0.1) is 0 Å². The number of hydrogen-bond donors (Lipinski definition) is 1. The summed E-state index contributed by atoms with van der Waals surface area (Å²) < 4.78 is 5.78. The molecule has 0 amide bonds. The Morgan fingerprint density at radius 1 is 1.04 bits per heavy atom. The zero-order chi connectivity index (χ0) is 15.6. The maximum absolute atomic E-state index is 5.89. The van der Waals surface area contributed by atoms with Crippen LogP contribution >= 0.6 is 23.4 Å². The van der Waals surface area contributed by atoms with Crippen LogP contribution in [-0.4, -0.2) is 15.2 Å². The standard InChI is InChI=1S/C17H12ClN3OS/c18-12-7-5-11(6-8-12)10-23-17-21-20-16(22-17)14-9-19-15-4-2-1-3-13(14)15/h1-9,19H,10H2. The van der Waals surface area contributed by atoms with Crippen LogP contribution in [0.5, 0.6) is 0 Å². The molecular weight excluding hydrogens is 330 g/mol. The Morgan fingerprint density at radius 2 is 1.87 bits per heavy atom. The van der Waals surface area contributed by atoms with Crippen LogP contribution in [0.1, 0.15) is 5.56 Å². The smallest absolute Gasteiger partial charge is 0.277 e. The molecule has 0 bridgehead atoms. The van der Waals surface area contributed by atoms with Crippen molar-refractivity contribution < 1.29 is 4.42 Å². The van der Waals surface area contributed by atoms with Gasteiger partial charge < -0.3 is 9.40 Å². The summed E-state index contributed by atoms with van der Waals surface area (Å²) >= 11 is 7.40. The van der Waals surface area contributed by atoms with Crippen molar-refractivity contribution in [2.45, 2.75) is 11.0 Å². The molecule has 6 heteroatoms. The highest BCUT2D eigenvalue weighted by molar-refractivity contribution is 7.98. The van der Waals surface area contributed by atoms with E-state index in [1.54, 1.807) is 0 Å². The van der Waals surface area contributed by atoms with Gasteiger partial charge in [0, 0.05) is 27.9 Å². The van der Waals surface area contributed by atoms with Gasteiger partial charge in [0.15, 0.2) is 0 Å². The molecule has 0 saturated carbocycles. The number of para-hydroxylation sites is 1. The zero-order valence-corrected chi connectivity index (χ0v) is 13.6. The van der Waals surface area contributed by atoms with Crippen molar-refractivity contribution in [2.75, 3.05) is 0 Å². The van der Waals surface area contributed by atoms with Crippen molar-refractivity contribution in [3.05, 3.63) is 65.3 Å². The molecule has 2 aromatic heterocycles. The average Bonchev–Trinajstić information content (AvgIpc) is 3.20. The van der Waals surface area contributed by atoms with Crippen LogP contribution in [0.25, 0.3) is 22.4 Å². The Morgan fingerprint density at radius 3 is 2.74 bits per heavy atom. The van der Waals surface area contributed by atoms with Gasteiger partial charge in [0.1, 0.15) is 0 Å². The summed E-state index contributed by atoms with van der Waals surface area (Å²) in [5.74, 6) is 1.29. The molecule has 2 aromatic carbocycles. The van der Waals surface area contributed by atoms with E-state index in [2.05, 4.69) is 15.2 Å². The molecule has 0 spiro atoms. The SMILES string of the molecule is Clc1ccc(CSc2nnc(-c3c[nH]c4ccccc34)o2)cc1. The van der Waals surface area contributed by atoms with Crippen LogP contribution in [0.4, 0.5) is 0 Å². The molecule has 4 aromatic rings. The Kier molecular flexibility index (Phi) is 3.81. The molecular formula is C17H12ClN3OS. The third kappa shape index (κ3) is 2.98. The summed E-state index contributed by atoms with van der Waals surface area (Å²) in [6.45, 7) is 0. The van der Waals surface area contributed by atoms with Crippen LogP contribution in [-0.2, 0) is 5.75 Å². The molecule has 4 nitrogen and oxygen atoms in total. The van der Waals surface area contributed by atoms with Gasteiger partial charge in [0.05, 0.1) is 5.56 Å². The summed E-state index contributed by atoms with van der Waals surface area (Å²) in [6.07, 6.45) is 1.89. The van der Waals surface area contributed by atoms with E-state index in [-0.39, 0.29) is 0 Å². The van der Waals surface area contributed by atoms with Crippen molar-refractivity contribution in [2.24, 2.45) is 0 Å². The predicted octanol–water partition coefficient (Wildman–Crippen LogP) is 5.16. The van der Waals surface area contributed by atoms with Gasteiger partial charge in [-0.25, -0.2) is 0 Å². The monoisotopic (exact) mass is 341 g/mol. The number of benzene rings is 2. The van der Waals surface area contributed by atoms with Crippen molar-refractivity contribution in [3.63, 3.8) is 0 Å². The fourth-order valence-electron chi connectivity index (χ4n) is 2.35. The first kappa shape index (κ1) is 14.4. The van der Waals surface area contributed by atoms with Gasteiger partial charge in [0.2, 0.25) is 0 Å². The summed E-state index contributed by atoms with van der Waals surface area (Å²) in [6, 6.07) is 15.8. The van der Waals surface area contributed by atoms with E-state index in [4.69, 9.17) is 16.0 Å². The largest absolute Gasteiger partial charge is 0.411 e. The molecule has 0 unspecified atom stereocenters. The molecule has 2 heterocycles. The maximum atomic E-state index is 5.89. The first-order valence-electron chi connectivity index (χ1n) is 7.07. The lowest BCUT2D eigenvalue weighted by Gasteiger charge is -1.98. The Bertz CT molecular complexity index is 946. The van der Waals surface area contributed by atoms with Crippen molar-refractivity contribution in [1.29, 1.82) is 0 Å². The average molecular weight is 342 g/mol. The number of thioether (sulfide) groups is 1. The molecule has 23 heavy (non-hydrogen) atoms. The van der Waals surface area contributed by atoms with Crippen LogP contribution < -0.4 is 0 Å². The summed E-state index contributed by atoms with van der Waals surface area (Å²) in [5.41, 5.74) is 3.13. The van der Waals surface area contributed by atoms with Crippen LogP contribution in [0.2, 0.25) is 5.02 Å². The molecule has 0 radical (unpaired) electrons. The third-order valence-electron chi connectivity index (χ3n) is 3.50. The fraction of sp³-hybridized carbons (Fsp3) is 0.0588. The van der Waals surface area contributed by atoms with E-state index in [1.165, 1.54) is 11.8 Å². The van der Waals surface area contributed by atoms with Gasteiger partial charge >= 0.3 is 0 Å². The fourth-order valence-corrected chi connectivity index (χ4v) is 3.20. The number of nitrogens with one attached hydrogen (secondary N) is 1. The van der Waals surface area contributed by atoms with E-state index in [1.807, 2.05) is 54.7 Å². The number of aromatic nitrogens is 3. The maximum Gasteiger partial charge on any atom is 0.277 e. The number of rotatable bonds is 4. The number of halogens is 1. The molecule has 4 rings (SSSR count). The Labute approximate surface area is 141 Å². The second kappa shape index (κ2) is 6.10. The number of aromatic amines is 1. The first-order chi connectivity index (χ1) is 11.3. The van der Waals surface area contributed by atoms with E-state index in [9.17, 15) is 0 Å². The number of fused-ring (bicyclic) bond motifs is 1. The second-order valence-electron chi connectivity index (χ2n) is 5.04. The quantitative estimate of drug-likeness (QED) is 0.521. The molecule has 0 saturated heterocycles. The number of H-pyrrole nitrogens is 1. The molecule has 0 atom stereocenters. The molecule has 0 aliphatic carbocycles. The van der Waals surface area contributed by atoms with Crippen LogP contribution in [0.15, 0.2) is 64.4 Å². The highest BCUT2D eigenvalue weighted by Gasteiger charge is 2.13. The molecule has 114 valence electrons. The topological polar surface area (TPSA) is 54.7 Å². The summed E-state index contributed by atoms with van der Waals surface area (Å²) in [7, 11) is 0. The van der Waals surface area contributed by atoms with Gasteiger partial charge in [-0.3, -0.25) is 0 Å².